The number of halogens is 1. The molecule has 0 radical (unpaired) electrons. The van der Waals surface area contributed by atoms with Crippen LogP contribution in [0.15, 0.2) is 40.9 Å². The number of hydrogen-bond donors (Lipinski definition) is 1. The van der Waals surface area contributed by atoms with Gasteiger partial charge in [-0.25, -0.2) is 0 Å². The van der Waals surface area contributed by atoms with Crippen molar-refractivity contribution in [1.29, 1.82) is 0 Å². The average molecular weight is 350 g/mol. The van der Waals surface area contributed by atoms with Crippen molar-refractivity contribution in [3.63, 3.8) is 0 Å². The zero-order valence-electron chi connectivity index (χ0n) is 12.7. The molecule has 0 aliphatic heterocycles. The zero-order chi connectivity index (χ0) is 15.4. The van der Waals surface area contributed by atoms with Crippen LogP contribution in [0.5, 0.6) is 11.5 Å². The van der Waals surface area contributed by atoms with Crippen LogP contribution < -0.4 is 14.8 Å². The van der Waals surface area contributed by atoms with E-state index in [1.54, 1.807) is 14.2 Å². The van der Waals surface area contributed by atoms with Gasteiger partial charge in [-0.2, -0.15) is 0 Å². The number of aryl methyl sites for hydroxylation is 1. The molecule has 0 amide bonds. The van der Waals surface area contributed by atoms with E-state index in [9.17, 15) is 0 Å². The third kappa shape index (κ3) is 3.70. The number of ether oxygens (including phenoxy) is 2. The predicted octanol–water partition coefficient (Wildman–Crippen LogP) is 4.95. The Hall–Kier alpha value is -1.68. The van der Waals surface area contributed by atoms with Crippen molar-refractivity contribution in [3.05, 3.63) is 52.0 Å². The van der Waals surface area contributed by atoms with E-state index in [2.05, 4.69) is 53.3 Å². The van der Waals surface area contributed by atoms with Gasteiger partial charge in [-0.3, -0.25) is 0 Å². The van der Waals surface area contributed by atoms with Gasteiger partial charge in [-0.15, -0.1) is 0 Å². The Morgan fingerprint density at radius 3 is 2.29 bits per heavy atom. The van der Waals surface area contributed by atoms with Crippen molar-refractivity contribution in [2.45, 2.75) is 19.9 Å². The van der Waals surface area contributed by atoms with Crippen molar-refractivity contribution in [3.8, 4) is 11.5 Å². The molecule has 0 spiro atoms. The van der Waals surface area contributed by atoms with Crippen molar-refractivity contribution in [2.24, 2.45) is 0 Å². The summed E-state index contributed by atoms with van der Waals surface area (Å²) in [5.74, 6) is 1.70. The minimum atomic E-state index is 0.171. The predicted molar refractivity (Wildman–Crippen MR) is 90.5 cm³/mol. The lowest BCUT2D eigenvalue weighted by atomic mass is 10.1. The van der Waals surface area contributed by atoms with E-state index in [-0.39, 0.29) is 6.04 Å². The molecule has 2 aromatic carbocycles. The Morgan fingerprint density at radius 2 is 1.71 bits per heavy atom. The second kappa shape index (κ2) is 6.85. The van der Waals surface area contributed by atoms with E-state index in [4.69, 9.17) is 9.47 Å². The molecule has 1 unspecified atom stereocenters. The van der Waals surface area contributed by atoms with Crippen LogP contribution in [0, 0.1) is 6.92 Å². The van der Waals surface area contributed by atoms with Crippen molar-refractivity contribution in [1.82, 2.24) is 0 Å². The largest absolute Gasteiger partial charge is 0.497 e. The topological polar surface area (TPSA) is 30.5 Å². The smallest absolute Gasteiger partial charge is 0.143 e. The van der Waals surface area contributed by atoms with E-state index in [0.717, 1.165) is 27.2 Å². The Bertz CT molecular complexity index is 611. The van der Waals surface area contributed by atoms with Gasteiger partial charge < -0.3 is 14.8 Å². The molecule has 0 saturated carbocycles. The van der Waals surface area contributed by atoms with Crippen LogP contribution in [0.4, 0.5) is 5.69 Å². The summed E-state index contributed by atoms with van der Waals surface area (Å²) < 4.78 is 11.7. The molecule has 0 heterocycles. The molecule has 0 fully saturated rings. The molecule has 4 heteroatoms. The summed E-state index contributed by atoms with van der Waals surface area (Å²) in [5.41, 5.74) is 3.35. The van der Waals surface area contributed by atoms with Crippen LogP contribution in [-0.2, 0) is 0 Å². The molecule has 2 rings (SSSR count). The maximum atomic E-state index is 5.47. The van der Waals surface area contributed by atoms with E-state index < -0.39 is 0 Å². The number of nitrogens with one attached hydrogen (secondary N) is 1. The van der Waals surface area contributed by atoms with Gasteiger partial charge in [-0.1, -0.05) is 28.1 Å². The first-order valence-corrected chi connectivity index (χ1v) is 7.59. The second-order valence-electron chi connectivity index (χ2n) is 4.94. The van der Waals surface area contributed by atoms with Crippen LogP contribution in [0.3, 0.4) is 0 Å². The number of rotatable bonds is 5. The molecule has 0 aliphatic rings. The van der Waals surface area contributed by atoms with Crippen LogP contribution >= 0.6 is 15.9 Å². The summed E-state index contributed by atoms with van der Waals surface area (Å²) in [4.78, 5) is 0. The minimum Gasteiger partial charge on any atom is -0.497 e. The monoisotopic (exact) mass is 349 g/mol. The Morgan fingerprint density at radius 1 is 1.05 bits per heavy atom. The highest BCUT2D eigenvalue weighted by Gasteiger charge is 2.12. The average Bonchev–Trinajstić information content (AvgIpc) is 2.49. The number of anilines is 1. The lowest BCUT2D eigenvalue weighted by Gasteiger charge is -2.20. The molecule has 1 N–H and O–H groups in total. The molecular formula is C17H20BrNO2. The minimum absolute atomic E-state index is 0.171. The maximum Gasteiger partial charge on any atom is 0.143 e. The molecule has 112 valence electrons. The standard InChI is InChI=1S/C17H20BrNO2/c1-11-9-14(18)10-16(21-4)17(11)19-12(2)13-5-7-15(20-3)8-6-13/h5-10,12,19H,1-4H3. The van der Waals surface area contributed by atoms with E-state index in [0.29, 0.717) is 0 Å². The van der Waals surface area contributed by atoms with Crippen LogP contribution in [0.1, 0.15) is 24.1 Å². The summed E-state index contributed by atoms with van der Waals surface area (Å²) >= 11 is 3.49. The summed E-state index contributed by atoms with van der Waals surface area (Å²) in [5, 5.41) is 3.52. The third-order valence-corrected chi connectivity index (χ3v) is 3.92. The van der Waals surface area contributed by atoms with Crippen LogP contribution in [0.25, 0.3) is 0 Å². The quantitative estimate of drug-likeness (QED) is 0.828. The van der Waals surface area contributed by atoms with Crippen molar-refractivity contribution >= 4 is 21.6 Å². The van der Waals surface area contributed by atoms with Gasteiger partial charge in [0.2, 0.25) is 0 Å². The highest BCUT2D eigenvalue weighted by Crippen LogP contribution is 2.34. The lowest BCUT2D eigenvalue weighted by molar-refractivity contribution is 0.414. The zero-order valence-corrected chi connectivity index (χ0v) is 14.3. The fraction of sp³-hybridized carbons (Fsp3) is 0.294. The first-order chi connectivity index (χ1) is 10.0. The van der Waals surface area contributed by atoms with Crippen molar-refractivity contribution < 1.29 is 9.47 Å². The van der Waals surface area contributed by atoms with Gasteiger partial charge in [0.25, 0.3) is 0 Å². The molecule has 0 saturated heterocycles. The van der Waals surface area contributed by atoms with Gasteiger partial charge in [0.15, 0.2) is 0 Å². The molecule has 3 nitrogen and oxygen atoms in total. The third-order valence-electron chi connectivity index (χ3n) is 3.46. The molecule has 0 aromatic heterocycles. The fourth-order valence-electron chi connectivity index (χ4n) is 2.25. The van der Waals surface area contributed by atoms with Gasteiger partial charge >= 0.3 is 0 Å². The number of benzene rings is 2. The fourth-order valence-corrected chi connectivity index (χ4v) is 2.80. The number of methoxy groups -OCH3 is 2. The summed E-state index contributed by atoms with van der Waals surface area (Å²) in [6.45, 7) is 4.19. The molecule has 0 bridgehead atoms. The van der Waals surface area contributed by atoms with Gasteiger partial charge in [0.1, 0.15) is 11.5 Å². The first-order valence-electron chi connectivity index (χ1n) is 6.79. The number of hydrogen-bond acceptors (Lipinski definition) is 3. The highest BCUT2D eigenvalue weighted by molar-refractivity contribution is 9.10. The first kappa shape index (κ1) is 15.7. The van der Waals surface area contributed by atoms with Crippen LogP contribution in [-0.4, -0.2) is 14.2 Å². The van der Waals surface area contributed by atoms with Gasteiger partial charge in [0.05, 0.1) is 19.9 Å². The summed E-state index contributed by atoms with van der Waals surface area (Å²) in [7, 11) is 3.36. The van der Waals surface area contributed by atoms with E-state index >= 15 is 0 Å². The van der Waals surface area contributed by atoms with E-state index in [1.807, 2.05) is 18.2 Å². The summed E-state index contributed by atoms with van der Waals surface area (Å²) in [6, 6.07) is 12.3. The molecule has 21 heavy (non-hydrogen) atoms. The second-order valence-corrected chi connectivity index (χ2v) is 5.85. The van der Waals surface area contributed by atoms with Crippen molar-refractivity contribution in [2.75, 3.05) is 19.5 Å². The molecular weight excluding hydrogens is 330 g/mol. The Labute approximate surface area is 134 Å². The lowest BCUT2D eigenvalue weighted by Crippen LogP contribution is -2.09. The SMILES string of the molecule is COc1ccc(C(C)Nc2c(C)cc(Br)cc2OC)cc1. The Balaban J connectivity index is 2.24. The van der Waals surface area contributed by atoms with Gasteiger partial charge in [-0.05, 0) is 49.2 Å². The summed E-state index contributed by atoms with van der Waals surface area (Å²) in [6.07, 6.45) is 0. The normalized spacial score (nSPS) is 11.9. The molecule has 2 aromatic rings. The van der Waals surface area contributed by atoms with Crippen LogP contribution in [0.2, 0.25) is 0 Å². The van der Waals surface area contributed by atoms with E-state index in [1.165, 1.54) is 5.56 Å². The molecule has 0 aliphatic carbocycles. The molecule has 1 atom stereocenters. The van der Waals surface area contributed by atoms with Gasteiger partial charge in [0, 0.05) is 10.5 Å². The highest BCUT2D eigenvalue weighted by atomic mass is 79.9. The Kier molecular flexibility index (Phi) is 5.12. The maximum absolute atomic E-state index is 5.47.